The molecule has 0 bridgehead atoms. The first-order chi connectivity index (χ1) is 10.3. The highest BCUT2D eigenvalue weighted by Crippen LogP contribution is 2.11. The minimum absolute atomic E-state index is 0.0687. The molecule has 0 radical (unpaired) electrons. The Balaban J connectivity index is 2.26. The summed E-state index contributed by atoms with van der Waals surface area (Å²) >= 11 is 0. The maximum atomic E-state index is 12.1. The summed E-state index contributed by atoms with van der Waals surface area (Å²) in [5, 5.41) is 8.85. The molecule has 0 fully saturated rings. The molecule has 0 saturated carbocycles. The minimum atomic E-state index is -4.04. The van der Waals surface area contributed by atoms with E-state index in [2.05, 4.69) is 4.98 Å². The van der Waals surface area contributed by atoms with E-state index in [-0.39, 0.29) is 16.2 Å². The number of aromatic carboxylic acids is 1. The van der Waals surface area contributed by atoms with Crippen LogP contribution in [0.4, 0.5) is 0 Å². The van der Waals surface area contributed by atoms with Crippen LogP contribution < -0.4 is 4.72 Å². The van der Waals surface area contributed by atoms with Crippen molar-refractivity contribution in [2.75, 3.05) is 0 Å². The maximum absolute atomic E-state index is 12.1. The molecule has 0 unspecified atom stereocenters. The summed E-state index contributed by atoms with van der Waals surface area (Å²) in [7, 11) is -4.04. The standard InChI is InChI=1S/C14H12N2O5S/c1-9-2-4-11(5-3-9)22(20,21)16-13(17)12-8-10(14(18)19)6-7-15-12/h2-8H,1H3,(H,16,17)(H,18,19). The second-order valence-electron chi connectivity index (χ2n) is 4.48. The van der Waals surface area contributed by atoms with E-state index in [0.717, 1.165) is 17.8 Å². The van der Waals surface area contributed by atoms with Crippen LogP contribution in [0.1, 0.15) is 26.4 Å². The number of carboxylic acid groups (broad SMARTS) is 1. The zero-order valence-corrected chi connectivity index (χ0v) is 12.3. The van der Waals surface area contributed by atoms with E-state index in [1.54, 1.807) is 19.1 Å². The summed E-state index contributed by atoms with van der Waals surface area (Å²) in [6.45, 7) is 1.80. The fourth-order valence-corrected chi connectivity index (χ4v) is 2.60. The number of amides is 1. The predicted molar refractivity (Wildman–Crippen MR) is 77.0 cm³/mol. The number of sulfonamides is 1. The van der Waals surface area contributed by atoms with E-state index in [4.69, 9.17) is 5.11 Å². The van der Waals surface area contributed by atoms with Crippen LogP contribution >= 0.6 is 0 Å². The van der Waals surface area contributed by atoms with Crippen molar-refractivity contribution in [1.82, 2.24) is 9.71 Å². The van der Waals surface area contributed by atoms with Crippen molar-refractivity contribution in [1.29, 1.82) is 0 Å². The number of aromatic nitrogens is 1. The van der Waals surface area contributed by atoms with Crippen molar-refractivity contribution in [3.63, 3.8) is 0 Å². The van der Waals surface area contributed by atoms with Crippen LogP contribution in [0.25, 0.3) is 0 Å². The molecule has 0 atom stereocenters. The highest BCUT2D eigenvalue weighted by atomic mass is 32.2. The molecule has 1 aromatic heterocycles. The summed E-state index contributed by atoms with van der Waals surface area (Å²) in [4.78, 5) is 26.4. The van der Waals surface area contributed by atoms with Crippen molar-refractivity contribution >= 4 is 21.9 Å². The lowest BCUT2D eigenvalue weighted by Gasteiger charge is -2.07. The number of rotatable bonds is 4. The van der Waals surface area contributed by atoms with Gasteiger partial charge in [0.25, 0.3) is 15.9 Å². The molecule has 22 heavy (non-hydrogen) atoms. The highest BCUT2D eigenvalue weighted by Gasteiger charge is 2.20. The van der Waals surface area contributed by atoms with E-state index in [9.17, 15) is 18.0 Å². The first kappa shape index (κ1) is 15.6. The number of nitrogens with zero attached hydrogens (tertiary/aromatic N) is 1. The normalized spacial score (nSPS) is 11.0. The number of hydrogen-bond acceptors (Lipinski definition) is 5. The Morgan fingerprint density at radius 2 is 1.77 bits per heavy atom. The van der Waals surface area contributed by atoms with Crippen molar-refractivity contribution in [3.05, 3.63) is 59.4 Å². The molecule has 1 amide bonds. The van der Waals surface area contributed by atoms with Crippen molar-refractivity contribution in [2.24, 2.45) is 0 Å². The number of carbonyl (C=O) groups excluding carboxylic acids is 1. The first-order valence-electron chi connectivity index (χ1n) is 6.13. The summed E-state index contributed by atoms with van der Waals surface area (Å²) in [6.07, 6.45) is 1.12. The number of carbonyl (C=O) groups is 2. The van der Waals surface area contributed by atoms with Gasteiger partial charge in [-0.2, -0.15) is 0 Å². The van der Waals surface area contributed by atoms with Crippen LogP contribution in [0.15, 0.2) is 47.5 Å². The Kier molecular flexibility index (Phi) is 4.22. The smallest absolute Gasteiger partial charge is 0.335 e. The largest absolute Gasteiger partial charge is 0.478 e. The van der Waals surface area contributed by atoms with Gasteiger partial charge in [-0.3, -0.25) is 9.78 Å². The monoisotopic (exact) mass is 320 g/mol. The average Bonchev–Trinajstić information content (AvgIpc) is 2.47. The lowest BCUT2D eigenvalue weighted by Crippen LogP contribution is -2.31. The number of benzene rings is 1. The summed E-state index contributed by atoms with van der Waals surface area (Å²) in [5.74, 6) is -2.23. The average molecular weight is 320 g/mol. The zero-order valence-electron chi connectivity index (χ0n) is 11.5. The van der Waals surface area contributed by atoms with Gasteiger partial charge in [0.05, 0.1) is 10.5 Å². The Bertz CT molecular complexity index is 829. The van der Waals surface area contributed by atoms with Crippen LogP contribution in [0.2, 0.25) is 0 Å². The second kappa shape index (κ2) is 5.94. The van der Waals surface area contributed by atoms with Gasteiger partial charge in [0.1, 0.15) is 5.69 Å². The SMILES string of the molecule is Cc1ccc(S(=O)(=O)NC(=O)c2cc(C(=O)O)ccn2)cc1. The topological polar surface area (TPSA) is 113 Å². The van der Waals surface area contributed by atoms with Gasteiger partial charge in [0, 0.05) is 6.20 Å². The fourth-order valence-electron chi connectivity index (χ4n) is 1.64. The molecule has 2 aromatic rings. The predicted octanol–water partition coefficient (Wildman–Crippen LogP) is 1.21. The third kappa shape index (κ3) is 3.47. The van der Waals surface area contributed by atoms with Crippen LogP contribution in [0.5, 0.6) is 0 Å². The van der Waals surface area contributed by atoms with Crippen LogP contribution in [-0.4, -0.2) is 30.4 Å². The number of pyridine rings is 1. The van der Waals surface area contributed by atoms with Crippen molar-refractivity contribution in [3.8, 4) is 0 Å². The lowest BCUT2D eigenvalue weighted by atomic mass is 10.2. The maximum Gasteiger partial charge on any atom is 0.335 e. The zero-order chi connectivity index (χ0) is 16.3. The van der Waals surface area contributed by atoms with E-state index in [1.807, 2.05) is 4.72 Å². The first-order valence-corrected chi connectivity index (χ1v) is 7.61. The van der Waals surface area contributed by atoms with Gasteiger partial charge >= 0.3 is 5.97 Å². The van der Waals surface area contributed by atoms with Gasteiger partial charge in [-0.05, 0) is 31.2 Å². The van der Waals surface area contributed by atoms with Crippen LogP contribution in [-0.2, 0) is 10.0 Å². The molecule has 0 aliphatic rings. The summed E-state index contributed by atoms with van der Waals surface area (Å²) in [6, 6.07) is 8.14. The van der Waals surface area contributed by atoms with Crippen molar-refractivity contribution < 1.29 is 23.1 Å². The summed E-state index contributed by atoms with van der Waals surface area (Å²) < 4.78 is 26.0. The minimum Gasteiger partial charge on any atom is -0.478 e. The van der Waals surface area contributed by atoms with E-state index in [1.165, 1.54) is 18.2 Å². The molecule has 7 nitrogen and oxygen atoms in total. The number of aryl methyl sites for hydroxylation is 1. The van der Waals surface area contributed by atoms with Gasteiger partial charge in [0.15, 0.2) is 0 Å². The molecule has 0 saturated heterocycles. The molecule has 2 rings (SSSR count). The fraction of sp³-hybridized carbons (Fsp3) is 0.0714. The molecule has 1 aromatic carbocycles. The molecule has 114 valence electrons. The molecule has 2 N–H and O–H groups in total. The number of nitrogens with one attached hydrogen (secondary N) is 1. The Morgan fingerprint density at radius 3 is 2.36 bits per heavy atom. The third-order valence-electron chi connectivity index (χ3n) is 2.80. The van der Waals surface area contributed by atoms with Gasteiger partial charge in [-0.15, -0.1) is 0 Å². The molecule has 8 heteroatoms. The Hall–Kier alpha value is -2.74. The molecular formula is C14H12N2O5S. The van der Waals surface area contributed by atoms with E-state index < -0.39 is 21.9 Å². The highest BCUT2D eigenvalue weighted by molar-refractivity contribution is 7.90. The second-order valence-corrected chi connectivity index (χ2v) is 6.16. The number of hydrogen-bond donors (Lipinski definition) is 2. The van der Waals surface area contributed by atoms with Gasteiger partial charge in [-0.1, -0.05) is 17.7 Å². The van der Waals surface area contributed by atoms with Gasteiger partial charge in [-0.25, -0.2) is 17.9 Å². The van der Waals surface area contributed by atoms with Crippen LogP contribution in [0.3, 0.4) is 0 Å². The van der Waals surface area contributed by atoms with E-state index in [0.29, 0.717) is 0 Å². The molecule has 1 heterocycles. The lowest BCUT2D eigenvalue weighted by molar-refractivity contribution is 0.0696. The Morgan fingerprint density at radius 1 is 1.14 bits per heavy atom. The molecular weight excluding hydrogens is 308 g/mol. The van der Waals surface area contributed by atoms with E-state index >= 15 is 0 Å². The summed E-state index contributed by atoms with van der Waals surface area (Å²) in [5.41, 5.74) is 0.421. The molecule has 0 spiro atoms. The third-order valence-corrected chi connectivity index (χ3v) is 4.14. The van der Waals surface area contributed by atoms with Crippen LogP contribution in [0, 0.1) is 6.92 Å². The van der Waals surface area contributed by atoms with Gasteiger partial charge < -0.3 is 5.11 Å². The number of carboxylic acids is 1. The molecule has 0 aliphatic carbocycles. The van der Waals surface area contributed by atoms with Gasteiger partial charge in [0.2, 0.25) is 0 Å². The quantitative estimate of drug-likeness (QED) is 0.875. The molecule has 0 aliphatic heterocycles. The van der Waals surface area contributed by atoms with Crippen molar-refractivity contribution in [2.45, 2.75) is 11.8 Å². The Labute approximate surface area is 126 Å².